The average molecular weight is 363 g/mol. The monoisotopic (exact) mass is 361 g/mol. The fourth-order valence-corrected chi connectivity index (χ4v) is 2.95. The summed E-state index contributed by atoms with van der Waals surface area (Å²) in [6.07, 6.45) is 1.19. The van der Waals surface area contributed by atoms with Crippen molar-refractivity contribution >= 4 is 50.6 Å². The number of nitrogens with zero attached hydrogens (tertiary/aromatic N) is 2. The van der Waals surface area contributed by atoms with E-state index in [-0.39, 0.29) is 31.3 Å². The molecule has 0 fully saturated rings. The standard InChI is InChI=1S/C12H6Cl3N3O2S/c13-9-2-1-8(4-10(9)14)21(19,20)18-12-3-7(5-16)11(15)6-17-12/h1-4,6H,(H,17,18). The second kappa shape index (κ2) is 6.08. The molecule has 0 radical (unpaired) electrons. The van der Waals surface area contributed by atoms with Gasteiger partial charge in [0.2, 0.25) is 0 Å². The molecule has 0 atom stereocenters. The third-order valence-corrected chi connectivity index (χ3v) is 4.81. The first kappa shape index (κ1) is 15.9. The summed E-state index contributed by atoms with van der Waals surface area (Å²) in [6, 6.07) is 6.95. The molecule has 2 rings (SSSR count). The molecule has 21 heavy (non-hydrogen) atoms. The van der Waals surface area contributed by atoms with Crippen LogP contribution in [-0.2, 0) is 10.0 Å². The van der Waals surface area contributed by atoms with Crippen LogP contribution in [0.5, 0.6) is 0 Å². The van der Waals surface area contributed by atoms with E-state index in [0.29, 0.717) is 0 Å². The lowest BCUT2D eigenvalue weighted by atomic mass is 10.3. The number of anilines is 1. The third-order valence-electron chi connectivity index (χ3n) is 2.42. The van der Waals surface area contributed by atoms with Gasteiger partial charge in [0.25, 0.3) is 10.0 Å². The Labute approximate surface area is 136 Å². The summed E-state index contributed by atoms with van der Waals surface area (Å²) in [5.74, 6) is -0.0259. The molecular formula is C12H6Cl3N3O2S. The highest BCUT2D eigenvalue weighted by molar-refractivity contribution is 7.92. The van der Waals surface area contributed by atoms with Crippen molar-refractivity contribution in [1.82, 2.24) is 4.98 Å². The molecule has 1 aromatic carbocycles. The molecule has 108 valence electrons. The molecule has 0 saturated heterocycles. The van der Waals surface area contributed by atoms with E-state index in [2.05, 4.69) is 9.71 Å². The zero-order valence-corrected chi connectivity index (χ0v) is 13.2. The second-order valence-corrected chi connectivity index (χ2v) is 6.75. The van der Waals surface area contributed by atoms with Crippen LogP contribution >= 0.6 is 34.8 Å². The van der Waals surface area contributed by atoms with Crippen LogP contribution in [0.1, 0.15) is 5.56 Å². The van der Waals surface area contributed by atoms with E-state index in [0.717, 1.165) is 0 Å². The molecule has 1 N–H and O–H groups in total. The van der Waals surface area contributed by atoms with Crippen molar-refractivity contribution in [3.63, 3.8) is 0 Å². The fourth-order valence-electron chi connectivity index (χ4n) is 1.42. The van der Waals surface area contributed by atoms with Crippen LogP contribution in [0.4, 0.5) is 5.82 Å². The minimum absolute atomic E-state index is 0.0259. The Bertz CT molecular complexity index is 847. The Balaban J connectivity index is 2.37. The van der Waals surface area contributed by atoms with Crippen LogP contribution in [0.3, 0.4) is 0 Å². The molecule has 1 heterocycles. The molecule has 9 heteroatoms. The fraction of sp³-hybridized carbons (Fsp3) is 0. The van der Waals surface area contributed by atoms with Crippen molar-refractivity contribution in [3.05, 3.63) is 51.1 Å². The van der Waals surface area contributed by atoms with Gasteiger partial charge >= 0.3 is 0 Å². The summed E-state index contributed by atoms with van der Waals surface area (Å²) in [5.41, 5.74) is 0.110. The number of benzene rings is 1. The Morgan fingerprint density at radius 1 is 1.10 bits per heavy atom. The molecular weight excluding hydrogens is 357 g/mol. The summed E-state index contributed by atoms with van der Waals surface area (Å²) in [7, 11) is -3.90. The number of halogens is 3. The van der Waals surface area contributed by atoms with Crippen molar-refractivity contribution in [2.75, 3.05) is 4.72 Å². The van der Waals surface area contributed by atoms with Crippen LogP contribution in [0.25, 0.3) is 0 Å². The van der Waals surface area contributed by atoms with Crippen molar-refractivity contribution in [3.8, 4) is 6.07 Å². The summed E-state index contributed by atoms with van der Waals surface area (Å²) in [4.78, 5) is 3.73. The first-order valence-corrected chi connectivity index (χ1v) is 7.99. The largest absolute Gasteiger partial charge is 0.263 e. The summed E-state index contributed by atoms with van der Waals surface area (Å²) in [5, 5.41) is 9.34. The van der Waals surface area contributed by atoms with Gasteiger partial charge in [-0.2, -0.15) is 5.26 Å². The van der Waals surface area contributed by atoms with Gasteiger partial charge in [-0.1, -0.05) is 34.8 Å². The highest BCUT2D eigenvalue weighted by Crippen LogP contribution is 2.26. The average Bonchev–Trinajstić information content (AvgIpc) is 2.43. The molecule has 0 amide bonds. The number of hydrogen-bond donors (Lipinski definition) is 1. The lowest BCUT2D eigenvalue weighted by Crippen LogP contribution is -2.14. The molecule has 0 saturated carbocycles. The molecule has 0 aliphatic heterocycles. The van der Waals surface area contributed by atoms with Gasteiger partial charge in [0.1, 0.15) is 11.9 Å². The van der Waals surface area contributed by atoms with Crippen molar-refractivity contribution < 1.29 is 8.42 Å². The van der Waals surface area contributed by atoms with E-state index in [1.54, 1.807) is 0 Å². The van der Waals surface area contributed by atoms with Crippen molar-refractivity contribution in [1.29, 1.82) is 5.26 Å². The van der Waals surface area contributed by atoms with Crippen molar-refractivity contribution in [2.24, 2.45) is 0 Å². The van der Waals surface area contributed by atoms with Crippen molar-refractivity contribution in [2.45, 2.75) is 4.90 Å². The Kier molecular flexibility index (Phi) is 4.59. The van der Waals surface area contributed by atoms with E-state index in [1.807, 2.05) is 6.07 Å². The molecule has 0 unspecified atom stereocenters. The smallest absolute Gasteiger partial charge is 0.263 e. The first-order chi connectivity index (χ1) is 9.83. The van der Waals surface area contributed by atoms with E-state index >= 15 is 0 Å². The highest BCUT2D eigenvalue weighted by Gasteiger charge is 2.17. The van der Waals surface area contributed by atoms with E-state index in [4.69, 9.17) is 40.1 Å². The predicted octanol–water partition coefficient (Wildman–Crippen LogP) is 3.71. The molecule has 1 aromatic heterocycles. The minimum atomic E-state index is -3.90. The number of hydrogen-bond acceptors (Lipinski definition) is 4. The number of nitriles is 1. The summed E-state index contributed by atoms with van der Waals surface area (Å²) >= 11 is 17.3. The minimum Gasteiger partial charge on any atom is -0.263 e. The lowest BCUT2D eigenvalue weighted by Gasteiger charge is -2.08. The maximum atomic E-state index is 12.2. The molecule has 5 nitrogen and oxygen atoms in total. The van der Waals surface area contributed by atoms with Crippen LogP contribution in [-0.4, -0.2) is 13.4 Å². The number of sulfonamides is 1. The number of rotatable bonds is 3. The van der Waals surface area contributed by atoms with Gasteiger partial charge in [-0.15, -0.1) is 0 Å². The quantitative estimate of drug-likeness (QED) is 0.902. The number of nitrogens with one attached hydrogen (secondary N) is 1. The van der Waals surface area contributed by atoms with Gasteiger partial charge in [0.15, 0.2) is 0 Å². The highest BCUT2D eigenvalue weighted by atomic mass is 35.5. The molecule has 2 aromatic rings. The predicted molar refractivity (Wildman–Crippen MR) is 81.2 cm³/mol. The number of aromatic nitrogens is 1. The molecule has 0 spiro atoms. The van der Waals surface area contributed by atoms with Gasteiger partial charge in [0, 0.05) is 12.3 Å². The first-order valence-electron chi connectivity index (χ1n) is 5.37. The second-order valence-electron chi connectivity index (χ2n) is 3.84. The topological polar surface area (TPSA) is 82.9 Å². The third kappa shape index (κ3) is 3.57. The zero-order valence-electron chi connectivity index (χ0n) is 10.1. The van der Waals surface area contributed by atoms with Gasteiger partial charge in [-0.3, -0.25) is 4.72 Å². The van der Waals surface area contributed by atoms with Gasteiger partial charge in [-0.25, -0.2) is 13.4 Å². The van der Waals surface area contributed by atoms with E-state index < -0.39 is 10.0 Å². The SMILES string of the molecule is N#Cc1cc(NS(=O)(=O)c2ccc(Cl)c(Cl)c2)ncc1Cl. The maximum Gasteiger partial charge on any atom is 0.263 e. The summed E-state index contributed by atoms with van der Waals surface area (Å²) in [6.45, 7) is 0. The molecule has 0 aliphatic carbocycles. The van der Waals surface area contributed by atoms with Gasteiger partial charge < -0.3 is 0 Å². The van der Waals surface area contributed by atoms with Crippen LogP contribution in [0, 0.1) is 11.3 Å². The molecule has 0 bridgehead atoms. The van der Waals surface area contributed by atoms with Gasteiger partial charge in [0.05, 0.1) is 25.5 Å². The Hall–Kier alpha value is -1.52. The maximum absolute atomic E-state index is 12.2. The lowest BCUT2D eigenvalue weighted by molar-refractivity contribution is 0.601. The zero-order chi connectivity index (χ0) is 15.6. The van der Waals surface area contributed by atoms with Crippen LogP contribution in [0.15, 0.2) is 35.4 Å². The van der Waals surface area contributed by atoms with Gasteiger partial charge in [-0.05, 0) is 18.2 Å². The van der Waals surface area contributed by atoms with E-state index in [1.165, 1.54) is 30.5 Å². The Morgan fingerprint density at radius 3 is 2.43 bits per heavy atom. The van der Waals surface area contributed by atoms with E-state index in [9.17, 15) is 8.42 Å². The van der Waals surface area contributed by atoms with Crippen LogP contribution < -0.4 is 4.72 Å². The normalized spacial score (nSPS) is 11.0. The molecule has 0 aliphatic rings. The Morgan fingerprint density at radius 2 is 1.81 bits per heavy atom. The summed E-state index contributed by atoms with van der Waals surface area (Å²) < 4.78 is 26.6. The van der Waals surface area contributed by atoms with Crippen LogP contribution in [0.2, 0.25) is 15.1 Å². The number of pyridine rings is 1.